The molecule has 0 radical (unpaired) electrons. The van der Waals surface area contributed by atoms with Gasteiger partial charge in [-0.25, -0.2) is 4.39 Å². The Morgan fingerprint density at radius 2 is 2.00 bits per heavy atom. The summed E-state index contributed by atoms with van der Waals surface area (Å²) in [5.74, 6) is 0.299. The van der Waals surface area contributed by atoms with E-state index in [1.165, 1.54) is 11.6 Å². The molecule has 0 heterocycles. The average Bonchev–Trinajstić information content (AvgIpc) is 2.47. The van der Waals surface area contributed by atoms with Gasteiger partial charge in [0, 0.05) is 27.8 Å². The molecule has 0 aromatic heterocycles. The second kappa shape index (κ2) is 8.42. The molecule has 0 aliphatic carbocycles. The molecular formula is C17H19ClFNS. The van der Waals surface area contributed by atoms with Crippen LogP contribution in [0.3, 0.4) is 0 Å². The zero-order valence-corrected chi connectivity index (χ0v) is 13.6. The summed E-state index contributed by atoms with van der Waals surface area (Å²) in [6.45, 7) is 4.03. The molecule has 1 N–H and O–H groups in total. The fourth-order valence-corrected chi connectivity index (χ4v) is 3.30. The third-order valence-electron chi connectivity index (χ3n) is 3.10. The van der Waals surface area contributed by atoms with E-state index in [2.05, 4.69) is 24.4 Å². The molecule has 0 atom stereocenters. The summed E-state index contributed by atoms with van der Waals surface area (Å²) >= 11 is 7.65. The Labute approximate surface area is 134 Å². The van der Waals surface area contributed by atoms with Gasteiger partial charge in [0.25, 0.3) is 0 Å². The van der Waals surface area contributed by atoms with E-state index in [4.69, 9.17) is 11.6 Å². The van der Waals surface area contributed by atoms with Crippen molar-refractivity contribution in [1.82, 2.24) is 5.32 Å². The van der Waals surface area contributed by atoms with Crippen molar-refractivity contribution in [2.45, 2.75) is 30.5 Å². The molecule has 0 aliphatic heterocycles. The number of rotatable bonds is 7. The maximum absolute atomic E-state index is 13.7. The van der Waals surface area contributed by atoms with Crippen LogP contribution in [0.25, 0.3) is 0 Å². The topological polar surface area (TPSA) is 12.0 Å². The average molecular weight is 324 g/mol. The van der Waals surface area contributed by atoms with Crippen LogP contribution in [0, 0.1) is 5.82 Å². The fourth-order valence-electron chi connectivity index (χ4n) is 1.98. The third-order valence-corrected chi connectivity index (χ3v) is 4.47. The highest BCUT2D eigenvalue weighted by Crippen LogP contribution is 2.28. The van der Waals surface area contributed by atoms with E-state index in [0.717, 1.165) is 24.4 Å². The van der Waals surface area contributed by atoms with Crippen LogP contribution in [0.15, 0.2) is 47.4 Å². The van der Waals surface area contributed by atoms with Crippen molar-refractivity contribution >= 4 is 23.4 Å². The number of nitrogens with one attached hydrogen (secondary N) is 1. The quantitative estimate of drug-likeness (QED) is 0.550. The van der Waals surface area contributed by atoms with Gasteiger partial charge in [0.05, 0.1) is 0 Å². The molecule has 2 rings (SSSR count). The lowest BCUT2D eigenvalue weighted by Crippen LogP contribution is -2.13. The van der Waals surface area contributed by atoms with Gasteiger partial charge in [0.15, 0.2) is 0 Å². The molecule has 0 spiro atoms. The lowest BCUT2D eigenvalue weighted by atomic mass is 10.2. The van der Waals surface area contributed by atoms with Gasteiger partial charge in [-0.3, -0.25) is 0 Å². The van der Waals surface area contributed by atoms with E-state index < -0.39 is 0 Å². The molecule has 0 fully saturated rings. The number of thioether (sulfide) groups is 1. The summed E-state index contributed by atoms with van der Waals surface area (Å²) in [5.41, 5.74) is 1.81. The van der Waals surface area contributed by atoms with Gasteiger partial charge in [-0.2, -0.15) is 0 Å². The summed E-state index contributed by atoms with van der Waals surface area (Å²) in [4.78, 5) is 1.13. The first kappa shape index (κ1) is 16.3. The summed E-state index contributed by atoms with van der Waals surface area (Å²) in [5, 5.41) is 3.87. The van der Waals surface area contributed by atoms with Crippen LogP contribution < -0.4 is 5.32 Å². The molecule has 0 amide bonds. The maximum Gasteiger partial charge on any atom is 0.128 e. The summed E-state index contributed by atoms with van der Waals surface area (Å²) in [7, 11) is 0. The predicted molar refractivity (Wildman–Crippen MR) is 89.4 cm³/mol. The molecule has 21 heavy (non-hydrogen) atoms. The molecule has 0 saturated carbocycles. The minimum Gasteiger partial charge on any atom is -0.313 e. The first-order chi connectivity index (χ1) is 10.2. The molecule has 0 bridgehead atoms. The van der Waals surface area contributed by atoms with Crippen molar-refractivity contribution < 1.29 is 4.39 Å². The Morgan fingerprint density at radius 3 is 2.76 bits per heavy atom. The highest BCUT2D eigenvalue weighted by molar-refractivity contribution is 7.98. The summed E-state index contributed by atoms with van der Waals surface area (Å²) < 4.78 is 13.7. The van der Waals surface area contributed by atoms with Crippen LogP contribution in [0.5, 0.6) is 0 Å². The number of hydrogen-bond donors (Lipinski definition) is 1. The van der Waals surface area contributed by atoms with Gasteiger partial charge in [-0.1, -0.05) is 36.7 Å². The van der Waals surface area contributed by atoms with E-state index in [9.17, 15) is 4.39 Å². The molecule has 0 aliphatic rings. The van der Waals surface area contributed by atoms with Crippen molar-refractivity contribution in [2.24, 2.45) is 0 Å². The molecular weight excluding hydrogens is 305 g/mol. The minimum atomic E-state index is -0.240. The predicted octanol–water partition coefficient (Wildman–Crippen LogP) is 5.27. The van der Waals surface area contributed by atoms with Crippen molar-refractivity contribution in [3.8, 4) is 0 Å². The van der Waals surface area contributed by atoms with Crippen LogP contribution in [0.2, 0.25) is 5.02 Å². The molecule has 2 aromatic carbocycles. The van der Waals surface area contributed by atoms with E-state index in [0.29, 0.717) is 16.3 Å². The van der Waals surface area contributed by atoms with Gasteiger partial charge in [0.1, 0.15) is 5.82 Å². The van der Waals surface area contributed by atoms with Gasteiger partial charge in [0.2, 0.25) is 0 Å². The Bertz CT molecular complexity index is 569. The SMILES string of the molecule is CCCNCc1cccc(SCc2c(F)cccc2Cl)c1. The lowest BCUT2D eigenvalue weighted by molar-refractivity contribution is 0.617. The van der Waals surface area contributed by atoms with E-state index in [1.807, 2.05) is 12.1 Å². The van der Waals surface area contributed by atoms with Crippen LogP contribution in [-0.4, -0.2) is 6.54 Å². The lowest BCUT2D eigenvalue weighted by Gasteiger charge is -2.08. The first-order valence-corrected chi connectivity index (χ1v) is 8.42. The Hall–Kier alpha value is -1.03. The highest BCUT2D eigenvalue weighted by Gasteiger charge is 2.07. The largest absolute Gasteiger partial charge is 0.313 e. The minimum absolute atomic E-state index is 0.240. The van der Waals surface area contributed by atoms with Gasteiger partial charge in [-0.05, 0) is 42.8 Å². The number of benzene rings is 2. The van der Waals surface area contributed by atoms with Crippen LogP contribution in [0.4, 0.5) is 4.39 Å². The maximum atomic E-state index is 13.7. The summed E-state index contributed by atoms with van der Waals surface area (Å²) in [6, 6.07) is 13.1. The third kappa shape index (κ3) is 5.03. The molecule has 2 aromatic rings. The normalized spacial score (nSPS) is 10.8. The molecule has 0 saturated heterocycles. The molecule has 4 heteroatoms. The second-order valence-electron chi connectivity index (χ2n) is 4.81. The molecule has 0 unspecified atom stereocenters. The van der Waals surface area contributed by atoms with Crippen LogP contribution in [0.1, 0.15) is 24.5 Å². The summed E-state index contributed by atoms with van der Waals surface area (Å²) in [6.07, 6.45) is 1.13. The monoisotopic (exact) mass is 323 g/mol. The molecule has 112 valence electrons. The van der Waals surface area contributed by atoms with Crippen LogP contribution in [-0.2, 0) is 12.3 Å². The standard InChI is InChI=1S/C17H19ClFNS/c1-2-9-20-11-13-5-3-6-14(10-13)21-12-15-16(18)7-4-8-17(15)19/h3-8,10,20H,2,9,11-12H2,1H3. The van der Waals surface area contributed by atoms with Crippen molar-refractivity contribution in [3.63, 3.8) is 0 Å². The van der Waals surface area contributed by atoms with Gasteiger partial charge < -0.3 is 5.32 Å². The Morgan fingerprint density at radius 1 is 1.19 bits per heavy atom. The second-order valence-corrected chi connectivity index (χ2v) is 6.27. The van der Waals surface area contributed by atoms with E-state index in [1.54, 1.807) is 23.9 Å². The smallest absolute Gasteiger partial charge is 0.128 e. The molecule has 1 nitrogen and oxygen atoms in total. The Balaban J connectivity index is 1.98. The van der Waals surface area contributed by atoms with Crippen LogP contribution >= 0.6 is 23.4 Å². The van der Waals surface area contributed by atoms with Gasteiger partial charge in [-0.15, -0.1) is 11.8 Å². The zero-order chi connectivity index (χ0) is 15.1. The fraction of sp³-hybridized carbons (Fsp3) is 0.294. The van der Waals surface area contributed by atoms with Crippen molar-refractivity contribution in [3.05, 3.63) is 64.4 Å². The highest BCUT2D eigenvalue weighted by atomic mass is 35.5. The van der Waals surface area contributed by atoms with Gasteiger partial charge >= 0.3 is 0 Å². The van der Waals surface area contributed by atoms with Crippen molar-refractivity contribution in [2.75, 3.05) is 6.54 Å². The van der Waals surface area contributed by atoms with E-state index in [-0.39, 0.29) is 5.82 Å². The Kier molecular flexibility index (Phi) is 6.55. The number of halogens is 2. The zero-order valence-electron chi connectivity index (χ0n) is 12.0. The van der Waals surface area contributed by atoms with Crippen molar-refractivity contribution in [1.29, 1.82) is 0 Å². The first-order valence-electron chi connectivity index (χ1n) is 7.06. The number of hydrogen-bond acceptors (Lipinski definition) is 2. The van der Waals surface area contributed by atoms with E-state index >= 15 is 0 Å².